The summed E-state index contributed by atoms with van der Waals surface area (Å²) in [6.45, 7) is 3.54. The fraction of sp³-hybridized carbons (Fsp3) is 0.263. The Hall–Kier alpha value is -2.85. The lowest BCUT2D eigenvalue weighted by Crippen LogP contribution is -2.37. The van der Waals surface area contributed by atoms with E-state index in [1.54, 1.807) is 0 Å². The highest BCUT2D eigenvalue weighted by atomic mass is 32.2. The topological polar surface area (TPSA) is 90.3 Å². The van der Waals surface area contributed by atoms with E-state index in [0.29, 0.717) is 16.9 Å². The van der Waals surface area contributed by atoms with Crippen LogP contribution in [-0.2, 0) is 21.2 Å². The van der Waals surface area contributed by atoms with Crippen LogP contribution in [0.5, 0.6) is 0 Å². The number of hydrogen-bond donors (Lipinski definition) is 1. The number of para-hydroxylation sites is 1. The van der Waals surface area contributed by atoms with Crippen molar-refractivity contribution >= 4 is 27.3 Å². The first-order valence-corrected chi connectivity index (χ1v) is 9.97. The predicted octanol–water partition coefficient (Wildman–Crippen LogP) is 2.83. The monoisotopic (exact) mass is 371 g/mol. The third-order valence-corrected chi connectivity index (χ3v) is 5.12. The van der Waals surface area contributed by atoms with E-state index in [2.05, 4.69) is 5.32 Å². The van der Waals surface area contributed by atoms with Gasteiger partial charge in [0.25, 0.3) is 0 Å². The molecule has 0 aliphatic heterocycles. The van der Waals surface area contributed by atoms with Crippen molar-refractivity contribution in [3.05, 3.63) is 59.2 Å². The lowest BCUT2D eigenvalue weighted by atomic mass is 10.1. The number of sulfonamides is 1. The van der Waals surface area contributed by atoms with Crippen LogP contribution in [0.15, 0.2) is 42.5 Å². The lowest BCUT2D eigenvalue weighted by Gasteiger charge is -2.22. The van der Waals surface area contributed by atoms with E-state index in [1.165, 1.54) is 24.3 Å². The van der Waals surface area contributed by atoms with Gasteiger partial charge >= 0.3 is 0 Å². The minimum Gasteiger partial charge on any atom is -0.324 e. The van der Waals surface area contributed by atoms with Crippen molar-refractivity contribution in [2.75, 3.05) is 22.4 Å². The molecule has 0 unspecified atom stereocenters. The second-order valence-corrected chi connectivity index (χ2v) is 7.85. The van der Waals surface area contributed by atoms with Gasteiger partial charge in [-0.1, -0.05) is 25.1 Å². The number of rotatable bonds is 6. The molecule has 0 saturated heterocycles. The first-order valence-electron chi connectivity index (χ1n) is 8.12. The van der Waals surface area contributed by atoms with Crippen molar-refractivity contribution < 1.29 is 13.2 Å². The molecule has 1 N–H and O–H groups in total. The Bertz CT molecular complexity index is 945. The average molecular weight is 371 g/mol. The number of nitriles is 1. The first kappa shape index (κ1) is 19.5. The number of aryl methyl sites for hydroxylation is 2. The fourth-order valence-corrected chi connectivity index (χ4v) is 3.47. The molecule has 0 fully saturated rings. The van der Waals surface area contributed by atoms with E-state index in [0.717, 1.165) is 28.1 Å². The molecule has 26 heavy (non-hydrogen) atoms. The molecule has 0 bridgehead atoms. The number of nitrogens with one attached hydrogen (secondary N) is 1. The van der Waals surface area contributed by atoms with Crippen LogP contribution in [0.4, 0.5) is 11.4 Å². The highest BCUT2D eigenvalue weighted by Crippen LogP contribution is 2.22. The summed E-state index contributed by atoms with van der Waals surface area (Å²) >= 11 is 0. The molecule has 1 amide bonds. The summed E-state index contributed by atoms with van der Waals surface area (Å²) in [6, 6.07) is 13.8. The number of carbonyl (C=O) groups excluding carboxylic acids is 1. The molecule has 2 aromatic carbocycles. The van der Waals surface area contributed by atoms with E-state index in [4.69, 9.17) is 5.26 Å². The molecule has 0 radical (unpaired) electrons. The normalized spacial score (nSPS) is 10.8. The van der Waals surface area contributed by atoms with Crippen LogP contribution in [0, 0.1) is 18.3 Å². The summed E-state index contributed by atoms with van der Waals surface area (Å²) < 4.78 is 25.3. The predicted molar refractivity (Wildman–Crippen MR) is 103 cm³/mol. The molecule has 2 rings (SSSR count). The van der Waals surface area contributed by atoms with Gasteiger partial charge in [0.05, 0.1) is 23.6 Å². The maximum Gasteiger partial charge on any atom is 0.245 e. The Balaban J connectivity index is 2.27. The molecule has 0 heterocycles. The van der Waals surface area contributed by atoms with Gasteiger partial charge in [-0.05, 0) is 48.7 Å². The Morgan fingerprint density at radius 1 is 1.19 bits per heavy atom. The van der Waals surface area contributed by atoms with Gasteiger partial charge in [0.2, 0.25) is 15.9 Å². The molecule has 0 aliphatic rings. The third kappa shape index (κ3) is 4.61. The Morgan fingerprint density at radius 2 is 1.85 bits per heavy atom. The van der Waals surface area contributed by atoms with Crippen LogP contribution in [0.1, 0.15) is 23.6 Å². The molecule has 0 spiro atoms. The van der Waals surface area contributed by atoms with Gasteiger partial charge in [-0.15, -0.1) is 0 Å². The van der Waals surface area contributed by atoms with Crippen LogP contribution in [0.25, 0.3) is 0 Å². The smallest absolute Gasteiger partial charge is 0.245 e. The lowest BCUT2D eigenvalue weighted by molar-refractivity contribution is -0.114. The summed E-state index contributed by atoms with van der Waals surface area (Å²) in [5, 5.41) is 11.7. The number of benzene rings is 2. The standard InChI is InChI=1S/C19H21N3O3S/c1-4-16-7-5-6-14(2)19(16)21-18(23)13-22(26(3,24)25)17-10-8-15(12-20)9-11-17/h5-11H,4,13H2,1-3H3,(H,21,23). The second kappa shape index (κ2) is 8.02. The number of amides is 1. The van der Waals surface area contributed by atoms with Gasteiger partial charge in [0, 0.05) is 5.69 Å². The van der Waals surface area contributed by atoms with Crippen LogP contribution < -0.4 is 9.62 Å². The summed E-state index contributed by atoms with van der Waals surface area (Å²) in [6.07, 6.45) is 1.80. The van der Waals surface area contributed by atoms with Gasteiger partial charge in [0.15, 0.2) is 0 Å². The number of carbonyl (C=O) groups is 1. The van der Waals surface area contributed by atoms with E-state index in [9.17, 15) is 13.2 Å². The van der Waals surface area contributed by atoms with E-state index < -0.39 is 15.9 Å². The first-order chi connectivity index (χ1) is 12.3. The second-order valence-electron chi connectivity index (χ2n) is 5.94. The zero-order valence-corrected chi connectivity index (χ0v) is 15.8. The highest BCUT2D eigenvalue weighted by molar-refractivity contribution is 7.92. The van der Waals surface area contributed by atoms with Crippen molar-refractivity contribution in [2.45, 2.75) is 20.3 Å². The summed E-state index contributed by atoms with van der Waals surface area (Å²) in [4.78, 5) is 12.5. The molecule has 0 aliphatic carbocycles. The molecule has 2 aromatic rings. The molecule has 6 nitrogen and oxygen atoms in total. The minimum atomic E-state index is -3.66. The summed E-state index contributed by atoms with van der Waals surface area (Å²) in [7, 11) is -3.66. The van der Waals surface area contributed by atoms with Gasteiger partial charge in [0.1, 0.15) is 6.54 Å². The van der Waals surface area contributed by atoms with Gasteiger partial charge in [-0.3, -0.25) is 9.10 Å². The van der Waals surface area contributed by atoms with Gasteiger partial charge in [-0.25, -0.2) is 8.42 Å². The summed E-state index contributed by atoms with van der Waals surface area (Å²) in [5.74, 6) is -0.427. The molecular formula is C19H21N3O3S. The zero-order chi connectivity index (χ0) is 19.3. The third-order valence-electron chi connectivity index (χ3n) is 3.98. The van der Waals surface area contributed by atoms with Crippen molar-refractivity contribution in [1.82, 2.24) is 0 Å². The molecule has 0 aromatic heterocycles. The van der Waals surface area contributed by atoms with E-state index in [-0.39, 0.29) is 6.54 Å². The van der Waals surface area contributed by atoms with Crippen molar-refractivity contribution in [3.8, 4) is 6.07 Å². The Morgan fingerprint density at radius 3 is 2.38 bits per heavy atom. The molecule has 136 valence electrons. The molecule has 0 atom stereocenters. The average Bonchev–Trinajstić information content (AvgIpc) is 2.60. The van der Waals surface area contributed by atoms with Gasteiger partial charge in [-0.2, -0.15) is 5.26 Å². The van der Waals surface area contributed by atoms with Crippen LogP contribution in [0.2, 0.25) is 0 Å². The fourth-order valence-electron chi connectivity index (χ4n) is 2.61. The largest absolute Gasteiger partial charge is 0.324 e. The Labute approximate surface area is 154 Å². The maximum absolute atomic E-state index is 12.5. The van der Waals surface area contributed by atoms with Crippen LogP contribution in [0.3, 0.4) is 0 Å². The highest BCUT2D eigenvalue weighted by Gasteiger charge is 2.21. The van der Waals surface area contributed by atoms with Crippen LogP contribution in [-0.4, -0.2) is 27.1 Å². The molecule has 0 saturated carbocycles. The maximum atomic E-state index is 12.5. The van der Waals surface area contributed by atoms with Crippen molar-refractivity contribution in [3.63, 3.8) is 0 Å². The van der Waals surface area contributed by atoms with E-state index in [1.807, 2.05) is 38.1 Å². The molecular weight excluding hydrogens is 350 g/mol. The quantitative estimate of drug-likeness (QED) is 0.845. The minimum absolute atomic E-state index is 0.335. The molecule has 7 heteroatoms. The van der Waals surface area contributed by atoms with E-state index >= 15 is 0 Å². The van der Waals surface area contributed by atoms with Gasteiger partial charge < -0.3 is 5.32 Å². The van der Waals surface area contributed by atoms with Crippen molar-refractivity contribution in [2.24, 2.45) is 0 Å². The number of nitrogens with zero attached hydrogens (tertiary/aromatic N) is 2. The summed E-state index contributed by atoms with van der Waals surface area (Å²) in [5.41, 5.74) is 3.37. The number of hydrogen-bond acceptors (Lipinski definition) is 4. The number of anilines is 2. The SMILES string of the molecule is CCc1cccc(C)c1NC(=O)CN(c1ccc(C#N)cc1)S(C)(=O)=O. The van der Waals surface area contributed by atoms with Crippen LogP contribution >= 0.6 is 0 Å². The van der Waals surface area contributed by atoms with Crippen molar-refractivity contribution in [1.29, 1.82) is 5.26 Å². The zero-order valence-electron chi connectivity index (χ0n) is 15.0. The Kier molecular flexibility index (Phi) is 6.01.